The molecule has 10 nitrogen and oxygen atoms in total. The van der Waals surface area contributed by atoms with Crippen molar-refractivity contribution in [2.24, 2.45) is 0 Å². The molecule has 0 amide bonds. The SMILES string of the molecule is CCC(C)c1nc2nc(N)nc(N)c2nc1C(C)CC.O=P([O-])([O-])[O-]. The quantitative estimate of drug-likeness (QED) is 0.681. The lowest BCUT2D eigenvalue weighted by molar-refractivity contribution is -0.432. The third-order valence-electron chi connectivity index (χ3n) is 3.79. The minimum atomic E-state index is -5.39. The number of fused-ring (bicyclic) bond motifs is 1. The maximum Gasteiger partial charge on any atom is 0.224 e. The van der Waals surface area contributed by atoms with Crippen molar-refractivity contribution in [2.45, 2.75) is 52.4 Å². The topological polar surface area (TPSA) is 190 Å². The molecule has 140 valence electrons. The van der Waals surface area contributed by atoms with Crippen LogP contribution in [0.15, 0.2) is 0 Å². The number of anilines is 2. The first kappa shape index (κ1) is 21.2. The molecule has 2 atom stereocenters. The fraction of sp³-hybridized carbons (Fsp3) is 0.571. The highest BCUT2D eigenvalue weighted by molar-refractivity contribution is 7.40. The molecule has 0 aliphatic rings. The van der Waals surface area contributed by atoms with Crippen molar-refractivity contribution < 1.29 is 19.2 Å². The molecule has 2 aromatic rings. The predicted molar refractivity (Wildman–Crippen MR) is 89.0 cm³/mol. The summed E-state index contributed by atoms with van der Waals surface area (Å²) in [6.45, 7) is 8.57. The van der Waals surface area contributed by atoms with Gasteiger partial charge in [0.05, 0.1) is 11.4 Å². The average Bonchev–Trinajstić information content (AvgIpc) is 2.50. The van der Waals surface area contributed by atoms with Gasteiger partial charge >= 0.3 is 0 Å². The lowest BCUT2D eigenvalue weighted by Gasteiger charge is -2.36. The van der Waals surface area contributed by atoms with Crippen molar-refractivity contribution in [3.8, 4) is 0 Å². The highest BCUT2D eigenvalue weighted by Gasteiger charge is 2.20. The van der Waals surface area contributed by atoms with Gasteiger partial charge in [-0.05, 0) is 18.8 Å². The molecule has 0 aliphatic heterocycles. The number of aromatic nitrogens is 4. The highest BCUT2D eigenvalue weighted by atomic mass is 31.2. The number of nitrogens with two attached hydrogens (primary N) is 2. The van der Waals surface area contributed by atoms with Crippen LogP contribution < -0.4 is 26.1 Å². The lowest BCUT2D eigenvalue weighted by atomic mass is 9.95. The summed E-state index contributed by atoms with van der Waals surface area (Å²) >= 11 is 0. The Bertz CT molecular complexity index is 773. The van der Waals surface area contributed by atoms with Crippen LogP contribution in [0.2, 0.25) is 0 Å². The van der Waals surface area contributed by atoms with Gasteiger partial charge in [0.25, 0.3) is 0 Å². The predicted octanol–water partition coefficient (Wildman–Crippen LogP) is -0.213. The van der Waals surface area contributed by atoms with Crippen molar-refractivity contribution in [1.82, 2.24) is 19.9 Å². The van der Waals surface area contributed by atoms with Gasteiger partial charge < -0.3 is 30.7 Å². The summed E-state index contributed by atoms with van der Waals surface area (Å²) in [6, 6.07) is 0. The third kappa shape index (κ3) is 6.17. The zero-order chi connectivity index (χ0) is 19.4. The van der Waals surface area contributed by atoms with Crippen LogP contribution in [0.1, 0.15) is 63.8 Å². The van der Waals surface area contributed by atoms with Gasteiger partial charge in [-0.2, -0.15) is 17.8 Å². The van der Waals surface area contributed by atoms with E-state index in [4.69, 9.17) is 30.7 Å². The van der Waals surface area contributed by atoms with Crippen LogP contribution in [0.4, 0.5) is 11.8 Å². The Labute approximate surface area is 146 Å². The first-order chi connectivity index (χ1) is 11.5. The van der Waals surface area contributed by atoms with E-state index in [2.05, 4.69) is 47.6 Å². The van der Waals surface area contributed by atoms with E-state index in [1.54, 1.807) is 0 Å². The largest absolute Gasteiger partial charge is 0.822 e. The van der Waals surface area contributed by atoms with E-state index < -0.39 is 7.82 Å². The summed E-state index contributed by atoms with van der Waals surface area (Å²) in [5, 5.41) is 0. The Hall–Kier alpha value is -1.87. The van der Waals surface area contributed by atoms with Gasteiger partial charge in [0.2, 0.25) is 5.95 Å². The average molecular weight is 369 g/mol. The van der Waals surface area contributed by atoms with Crippen molar-refractivity contribution in [3.05, 3.63) is 11.4 Å². The molecule has 0 radical (unpaired) electrons. The molecule has 11 heteroatoms. The van der Waals surface area contributed by atoms with E-state index in [9.17, 15) is 0 Å². The zero-order valence-electron chi connectivity index (χ0n) is 14.6. The summed E-state index contributed by atoms with van der Waals surface area (Å²) in [5.74, 6) is 1.08. The molecule has 0 saturated carbocycles. The summed E-state index contributed by atoms with van der Waals surface area (Å²) in [7, 11) is -5.39. The van der Waals surface area contributed by atoms with Crippen LogP contribution >= 0.6 is 7.82 Å². The first-order valence-corrected chi connectivity index (χ1v) is 9.27. The number of phosphoric acid groups is 1. The highest BCUT2D eigenvalue weighted by Crippen LogP contribution is 2.29. The van der Waals surface area contributed by atoms with Gasteiger partial charge in [0.1, 0.15) is 0 Å². The molecule has 0 bridgehead atoms. The van der Waals surface area contributed by atoms with Crippen LogP contribution in [0.25, 0.3) is 11.2 Å². The monoisotopic (exact) mass is 369 g/mol. The normalized spacial score (nSPS) is 13.9. The molecule has 0 spiro atoms. The van der Waals surface area contributed by atoms with Gasteiger partial charge in [-0.1, -0.05) is 27.7 Å². The Morgan fingerprint density at radius 1 is 0.920 bits per heavy atom. The molecule has 0 aromatic carbocycles. The Balaban J connectivity index is 0.000000550. The number of nitrogens with zero attached hydrogens (tertiary/aromatic N) is 4. The Kier molecular flexibility index (Phi) is 7.18. The molecule has 2 unspecified atom stereocenters. The van der Waals surface area contributed by atoms with E-state index >= 15 is 0 Å². The zero-order valence-corrected chi connectivity index (χ0v) is 15.5. The lowest BCUT2D eigenvalue weighted by Crippen LogP contribution is -2.24. The molecule has 2 heterocycles. The standard InChI is InChI=1S/C14H22N6.H3O4P/c1-5-7(3)9-10(8(4)6-2)18-13-11(17-9)12(15)19-14(16)20-13;1-5(2,3)4/h7-8H,5-6H2,1-4H3,(H4,15,16,18,19,20);(H3,1,2,3,4)/p-3. The molecule has 2 aromatic heterocycles. The second-order valence-electron chi connectivity index (χ2n) is 5.70. The minimum absolute atomic E-state index is 0.135. The van der Waals surface area contributed by atoms with Gasteiger partial charge in [0, 0.05) is 5.92 Å². The maximum atomic E-state index is 8.55. The third-order valence-corrected chi connectivity index (χ3v) is 3.79. The molecule has 0 fully saturated rings. The number of hydrogen-bond donors (Lipinski definition) is 2. The number of hydrogen-bond acceptors (Lipinski definition) is 10. The molecule has 2 rings (SSSR count). The minimum Gasteiger partial charge on any atom is -0.822 e. The van der Waals surface area contributed by atoms with E-state index in [1.807, 2.05) is 0 Å². The molecular formula is C14H22N6O4P-3. The van der Waals surface area contributed by atoms with E-state index in [1.165, 1.54) is 0 Å². The fourth-order valence-corrected chi connectivity index (χ4v) is 2.12. The number of nitrogen functional groups attached to an aromatic ring is 2. The van der Waals surface area contributed by atoms with Crippen molar-refractivity contribution in [3.63, 3.8) is 0 Å². The van der Waals surface area contributed by atoms with E-state index in [0.29, 0.717) is 28.8 Å². The van der Waals surface area contributed by atoms with Crippen LogP contribution in [-0.2, 0) is 4.57 Å². The summed E-state index contributed by atoms with van der Waals surface area (Å²) in [5.41, 5.74) is 14.5. The second-order valence-corrected chi connectivity index (χ2v) is 6.59. The first-order valence-electron chi connectivity index (χ1n) is 7.81. The van der Waals surface area contributed by atoms with Gasteiger partial charge in [0.15, 0.2) is 17.0 Å². The summed E-state index contributed by atoms with van der Waals surface area (Å²) in [4.78, 5) is 43.1. The number of rotatable bonds is 4. The van der Waals surface area contributed by atoms with Crippen LogP contribution in [0.3, 0.4) is 0 Å². The smallest absolute Gasteiger partial charge is 0.224 e. The molecule has 0 aliphatic carbocycles. The van der Waals surface area contributed by atoms with Crippen molar-refractivity contribution >= 4 is 30.8 Å². The maximum absolute atomic E-state index is 8.55. The van der Waals surface area contributed by atoms with Gasteiger partial charge in [-0.15, -0.1) is 0 Å². The van der Waals surface area contributed by atoms with E-state index in [-0.39, 0.29) is 5.95 Å². The molecule has 4 N–H and O–H groups in total. The Morgan fingerprint density at radius 3 is 1.80 bits per heavy atom. The second kappa shape index (κ2) is 8.48. The Morgan fingerprint density at radius 2 is 1.36 bits per heavy atom. The van der Waals surface area contributed by atoms with Crippen molar-refractivity contribution in [1.29, 1.82) is 0 Å². The van der Waals surface area contributed by atoms with Crippen LogP contribution in [0, 0.1) is 0 Å². The molecule has 0 saturated heterocycles. The molecular weight excluding hydrogens is 347 g/mol. The summed E-state index contributed by atoms with van der Waals surface area (Å²) < 4.78 is 8.55. The molecule has 25 heavy (non-hydrogen) atoms. The van der Waals surface area contributed by atoms with Crippen LogP contribution in [-0.4, -0.2) is 19.9 Å². The van der Waals surface area contributed by atoms with Crippen molar-refractivity contribution in [2.75, 3.05) is 11.5 Å². The van der Waals surface area contributed by atoms with Gasteiger partial charge in [-0.25, -0.2) is 9.97 Å². The summed E-state index contributed by atoms with van der Waals surface area (Å²) in [6.07, 6.45) is 2.00. The van der Waals surface area contributed by atoms with E-state index in [0.717, 1.165) is 24.2 Å². The van der Waals surface area contributed by atoms with Crippen LogP contribution in [0.5, 0.6) is 0 Å². The van der Waals surface area contributed by atoms with Gasteiger partial charge in [-0.3, -0.25) is 0 Å². The fourth-order valence-electron chi connectivity index (χ4n) is 2.12.